The third-order valence-electron chi connectivity index (χ3n) is 8.70. The Kier molecular flexibility index (Phi) is 7.77. The van der Waals surface area contributed by atoms with Crippen molar-refractivity contribution in [3.05, 3.63) is 53.7 Å². The van der Waals surface area contributed by atoms with Crippen molar-refractivity contribution in [2.75, 3.05) is 49.6 Å². The number of hydrogen-bond acceptors (Lipinski definition) is 9. The highest BCUT2D eigenvalue weighted by Gasteiger charge is 2.51. The topological polar surface area (TPSA) is 107 Å². The predicted octanol–water partition coefficient (Wildman–Crippen LogP) is 4.66. The minimum atomic E-state index is -0.568. The molecule has 3 aliphatic rings. The maximum absolute atomic E-state index is 12.8. The van der Waals surface area contributed by atoms with E-state index < -0.39 is 11.1 Å². The largest absolute Gasteiger partial charge is 0.461 e. The number of fused-ring (bicyclic) bond motifs is 2. The van der Waals surface area contributed by atoms with Crippen molar-refractivity contribution in [1.82, 2.24) is 20.2 Å². The predicted molar refractivity (Wildman–Crippen MR) is 166 cm³/mol. The average molecular weight is 584 g/mol. The van der Waals surface area contributed by atoms with Crippen LogP contribution < -0.4 is 19.9 Å². The fraction of sp³-hybridized carbons (Fsp3) is 0.515. The first-order valence-electron chi connectivity index (χ1n) is 15.2. The molecule has 1 saturated carbocycles. The third-order valence-corrected chi connectivity index (χ3v) is 8.70. The monoisotopic (exact) mass is 583 g/mol. The van der Waals surface area contributed by atoms with E-state index >= 15 is 0 Å². The molecule has 1 aromatic heterocycles. The summed E-state index contributed by atoms with van der Waals surface area (Å²) in [7, 11) is 1.78. The van der Waals surface area contributed by atoms with Gasteiger partial charge < -0.3 is 29.5 Å². The number of hydrogen-bond donors (Lipinski definition) is 1. The SMILES string of the molecule is CN(C(=O)OC(C)(C)C)C1(COc2nc3c(c(N4CCN[C@@H](CC#N)C4)n2)CCN(c2cccc4ccccc24)C3)CC1. The summed E-state index contributed by atoms with van der Waals surface area (Å²) in [6.45, 7) is 9.70. The quantitative estimate of drug-likeness (QED) is 0.425. The molecule has 1 atom stereocenters. The molecule has 0 unspecified atom stereocenters. The van der Waals surface area contributed by atoms with Gasteiger partial charge >= 0.3 is 12.1 Å². The summed E-state index contributed by atoms with van der Waals surface area (Å²) in [4.78, 5) is 29.1. The second kappa shape index (κ2) is 11.5. The van der Waals surface area contributed by atoms with Crippen LogP contribution in [0, 0.1) is 11.3 Å². The zero-order chi connectivity index (χ0) is 30.2. The van der Waals surface area contributed by atoms with E-state index in [1.165, 1.54) is 16.5 Å². The number of anilines is 2. The van der Waals surface area contributed by atoms with Crippen LogP contribution in [0.25, 0.3) is 10.8 Å². The second-order valence-electron chi connectivity index (χ2n) is 12.9. The second-order valence-corrected chi connectivity index (χ2v) is 12.9. The highest BCUT2D eigenvalue weighted by atomic mass is 16.6. The maximum Gasteiger partial charge on any atom is 0.410 e. The molecule has 226 valence electrons. The molecule has 0 spiro atoms. The molecule has 0 radical (unpaired) electrons. The first kappa shape index (κ1) is 29.0. The van der Waals surface area contributed by atoms with Crippen LogP contribution in [0.3, 0.4) is 0 Å². The van der Waals surface area contributed by atoms with Crippen LogP contribution in [0.4, 0.5) is 16.3 Å². The number of benzene rings is 2. The Morgan fingerprint density at radius 2 is 1.93 bits per heavy atom. The number of likely N-dealkylation sites (N-methyl/N-ethyl adjacent to an activating group) is 1. The molecule has 10 heteroatoms. The van der Waals surface area contributed by atoms with Gasteiger partial charge in [0.05, 0.1) is 30.3 Å². The van der Waals surface area contributed by atoms with Crippen molar-refractivity contribution in [2.24, 2.45) is 0 Å². The summed E-state index contributed by atoms with van der Waals surface area (Å²) in [5.41, 5.74) is 2.30. The lowest BCUT2D eigenvalue weighted by molar-refractivity contribution is 0.0134. The highest BCUT2D eigenvalue weighted by Crippen LogP contribution is 2.42. The van der Waals surface area contributed by atoms with Crippen LogP contribution in [0.1, 0.15) is 51.3 Å². The summed E-state index contributed by atoms with van der Waals surface area (Å²) in [6, 6.07) is 17.6. The van der Waals surface area contributed by atoms with Crippen molar-refractivity contribution >= 4 is 28.4 Å². The fourth-order valence-electron chi connectivity index (χ4n) is 6.11. The molecule has 1 amide bonds. The minimum absolute atomic E-state index is 0.0849. The lowest BCUT2D eigenvalue weighted by Gasteiger charge is -2.37. The van der Waals surface area contributed by atoms with Gasteiger partial charge in [-0.1, -0.05) is 36.4 Å². The molecule has 2 fully saturated rings. The van der Waals surface area contributed by atoms with Gasteiger partial charge in [-0.25, -0.2) is 4.79 Å². The molecule has 1 N–H and O–H groups in total. The van der Waals surface area contributed by atoms with Gasteiger partial charge in [0.1, 0.15) is 18.0 Å². The Hall–Kier alpha value is -4.10. The van der Waals surface area contributed by atoms with Crippen molar-refractivity contribution in [2.45, 2.75) is 70.2 Å². The standard InChI is InChI=1S/C33H41N7O3/c1-32(2,3)43-31(41)38(4)33(14-15-33)22-42-30-36-27-21-39(28-11-7-9-23-8-5-6-10-25(23)28)18-13-26(27)29(37-30)40-19-17-35-24(20-40)12-16-34/h5-11,24,35H,12-15,17-22H2,1-4H3/t24-/m0/s1. The van der Waals surface area contributed by atoms with E-state index in [1.54, 1.807) is 11.9 Å². The average Bonchev–Trinajstić information content (AvgIpc) is 3.79. The fourth-order valence-corrected chi connectivity index (χ4v) is 6.11. The summed E-state index contributed by atoms with van der Waals surface area (Å²) in [5, 5.41) is 15.2. The van der Waals surface area contributed by atoms with E-state index in [2.05, 4.69) is 63.7 Å². The Bertz CT molecular complexity index is 1540. The number of carbonyl (C=O) groups is 1. The number of amides is 1. The van der Waals surface area contributed by atoms with E-state index in [0.717, 1.165) is 56.0 Å². The molecule has 2 aliphatic heterocycles. The summed E-state index contributed by atoms with van der Waals surface area (Å²) in [6.07, 6.45) is 2.58. The van der Waals surface area contributed by atoms with Crippen LogP contribution >= 0.6 is 0 Å². The van der Waals surface area contributed by atoms with Crippen molar-refractivity contribution < 1.29 is 14.3 Å². The van der Waals surface area contributed by atoms with Gasteiger partial charge in [0, 0.05) is 55.9 Å². The first-order valence-corrected chi connectivity index (χ1v) is 15.2. The van der Waals surface area contributed by atoms with Crippen LogP contribution in [-0.4, -0.2) is 78.0 Å². The lowest BCUT2D eigenvalue weighted by Crippen LogP contribution is -2.51. The molecular weight excluding hydrogens is 542 g/mol. The van der Waals surface area contributed by atoms with Gasteiger partial charge in [-0.2, -0.15) is 15.2 Å². The first-order chi connectivity index (χ1) is 20.7. The highest BCUT2D eigenvalue weighted by molar-refractivity contribution is 5.94. The number of nitrogens with one attached hydrogen (secondary N) is 1. The Labute approximate surface area is 253 Å². The number of piperazine rings is 1. The lowest BCUT2D eigenvalue weighted by atomic mass is 10.0. The van der Waals surface area contributed by atoms with Crippen molar-refractivity contribution in [3.63, 3.8) is 0 Å². The molecule has 0 bridgehead atoms. The van der Waals surface area contributed by atoms with Gasteiger partial charge in [-0.3, -0.25) is 0 Å². The molecule has 3 aromatic rings. The molecule has 43 heavy (non-hydrogen) atoms. The maximum atomic E-state index is 12.8. The van der Waals surface area contributed by atoms with E-state index in [9.17, 15) is 10.1 Å². The smallest absolute Gasteiger partial charge is 0.410 e. The molecule has 1 aliphatic carbocycles. The summed E-state index contributed by atoms with van der Waals surface area (Å²) in [5.74, 6) is 0.896. The Morgan fingerprint density at radius 1 is 1.14 bits per heavy atom. The molecule has 10 nitrogen and oxygen atoms in total. The van der Waals surface area contributed by atoms with Crippen LogP contribution in [-0.2, 0) is 17.7 Å². The number of carbonyl (C=O) groups excluding carboxylic acids is 1. The zero-order valence-corrected chi connectivity index (χ0v) is 25.6. The van der Waals surface area contributed by atoms with Gasteiger partial charge in [-0.05, 0) is 51.5 Å². The molecule has 1 saturated heterocycles. The van der Waals surface area contributed by atoms with Crippen molar-refractivity contribution in [3.8, 4) is 12.1 Å². The van der Waals surface area contributed by atoms with Gasteiger partial charge in [0.25, 0.3) is 0 Å². The summed E-state index contributed by atoms with van der Waals surface area (Å²) < 4.78 is 12.0. The zero-order valence-electron chi connectivity index (χ0n) is 25.6. The van der Waals surface area contributed by atoms with E-state index in [0.29, 0.717) is 32.1 Å². The van der Waals surface area contributed by atoms with E-state index in [4.69, 9.17) is 19.4 Å². The Morgan fingerprint density at radius 3 is 2.70 bits per heavy atom. The third kappa shape index (κ3) is 6.18. The number of ether oxygens (including phenoxy) is 2. The van der Waals surface area contributed by atoms with E-state index in [-0.39, 0.29) is 12.1 Å². The van der Waals surface area contributed by atoms with Crippen LogP contribution in [0.5, 0.6) is 6.01 Å². The van der Waals surface area contributed by atoms with Crippen LogP contribution in [0.2, 0.25) is 0 Å². The van der Waals surface area contributed by atoms with Gasteiger partial charge in [0.15, 0.2) is 0 Å². The molecular formula is C33H41N7O3. The van der Waals surface area contributed by atoms with Gasteiger partial charge in [-0.15, -0.1) is 0 Å². The number of nitrogens with zero attached hydrogens (tertiary/aromatic N) is 6. The Balaban J connectivity index is 1.29. The number of aromatic nitrogens is 2. The van der Waals surface area contributed by atoms with Gasteiger partial charge in [0.2, 0.25) is 0 Å². The van der Waals surface area contributed by atoms with Crippen molar-refractivity contribution in [1.29, 1.82) is 5.26 Å². The molecule has 6 rings (SSSR count). The number of rotatable bonds is 7. The van der Waals surface area contributed by atoms with Crippen LogP contribution in [0.15, 0.2) is 42.5 Å². The van der Waals surface area contributed by atoms with E-state index in [1.807, 2.05) is 20.8 Å². The minimum Gasteiger partial charge on any atom is -0.461 e. The molecule has 3 heterocycles. The molecule has 2 aromatic carbocycles. The normalized spacial score (nSPS) is 19.4. The summed E-state index contributed by atoms with van der Waals surface area (Å²) >= 11 is 0. The number of nitriles is 1.